The summed E-state index contributed by atoms with van der Waals surface area (Å²) in [7, 11) is 0. The first-order valence-electron chi connectivity index (χ1n) is 10.1. The summed E-state index contributed by atoms with van der Waals surface area (Å²) in [5, 5.41) is 5.28. The molecular weight excluding hydrogens is 370 g/mol. The molecule has 0 atom stereocenters. The lowest BCUT2D eigenvalue weighted by atomic mass is 10.0. The number of hydrogen-bond donors (Lipinski definition) is 1. The third kappa shape index (κ3) is 3.37. The Morgan fingerprint density at radius 2 is 1.70 bits per heavy atom. The predicted octanol–water partition coefficient (Wildman–Crippen LogP) is 5.29. The van der Waals surface area contributed by atoms with Gasteiger partial charge in [0, 0.05) is 16.5 Å². The Labute approximate surface area is 175 Å². The summed E-state index contributed by atoms with van der Waals surface area (Å²) in [5.74, 6) is -0.223. The molecule has 4 aromatic rings. The Bertz CT molecular complexity index is 1290. The molecule has 4 nitrogen and oxygen atoms in total. The normalized spacial score (nSPS) is 14.1. The molecule has 0 aliphatic heterocycles. The highest BCUT2D eigenvalue weighted by Gasteiger charge is 2.18. The fraction of sp³-hybridized carbons (Fsp3) is 0.115. The molecular formula is C26H21N3O. The van der Waals surface area contributed by atoms with Crippen molar-refractivity contribution in [2.24, 2.45) is 5.10 Å². The molecule has 0 radical (unpaired) electrons. The molecule has 1 amide bonds. The molecule has 1 aromatic heterocycles. The summed E-state index contributed by atoms with van der Waals surface area (Å²) >= 11 is 0. The van der Waals surface area contributed by atoms with Crippen molar-refractivity contribution in [3.05, 3.63) is 101 Å². The van der Waals surface area contributed by atoms with Gasteiger partial charge in [0.05, 0.1) is 22.5 Å². The minimum absolute atomic E-state index is 0.223. The lowest BCUT2D eigenvalue weighted by molar-refractivity contribution is 0.0956. The SMILES string of the molecule is Cc1ccc(-c2cc(C(=O)N/N=C3/CCc4ccccc43)c3ccccc3n2)cc1. The minimum Gasteiger partial charge on any atom is -0.267 e. The van der Waals surface area contributed by atoms with E-state index < -0.39 is 0 Å². The third-order valence-corrected chi connectivity index (χ3v) is 5.56. The lowest BCUT2D eigenvalue weighted by Gasteiger charge is -2.10. The average molecular weight is 391 g/mol. The Morgan fingerprint density at radius 3 is 2.57 bits per heavy atom. The van der Waals surface area contributed by atoms with Crippen molar-refractivity contribution in [2.45, 2.75) is 19.8 Å². The van der Waals surface area contributed by atoms with E-state index >= 15 is 0 Å². The van der Waals surface area contributed by atoms with E-state index in [1.54, 1.807) is 0 Å². The summed E-state index contributed by atoms with van der Waals surface area (Å²) in [6, 6.07) is 26.0. The summed E-state index contributed by atoms with van der Waals surface area (Å²) < 4.78 is 0. The average Bonchev–Trinajstić information content (AvgIpc) is 3.20. The number of hydrazone groups is 1. The topological polar surface area (TPSA) is 54.4 Å². The fourth-order valence-corrected chi connectivity index (χ4v) is 3.94. The number of carbonyl (C=O) groups excluding carboxylic acids is 1. The zero-order valence-electron chi connectivity index (χ0n) is 16.7. The first-order valence-corrected chi connectivity index (χ1v) is 10.1. The Kier molecular flexibility index (Phi) is 4.60. The maximum Gasteiger partial charge on any atom is 0.272 e. The van der Waals surface area contributed by atoms with Crippen LogP contribution in [0.3, 0.4) is 0 Å². The summed E-state index contributed by atoms with van der Waals surface area (Å²) in [6.07, 6.45) is 1.80. The van der Waals surface area contributed by atoms with Crippen LogP contribution in [-0.2, 0) is 6.42 Å². The number of para-hydroxylation sites is 1. The number of pyridine rings is 1. The predicted molar refractivity (Wildman–Crippen MR) is 121 cm³/mol. The van der Waals surface area contributed by atoms with Crippen LogP contribution in [-0.4, -0.2) is 16.6 Å². The van der Waals surface area contributed by atoms with Crippen LogP contribution < -0.4 is 5.43 Å². The summed E-state index contributed by atoms with van der Waals surface area (Å²) in [6.45, 7) is 2.05. The molecule has 3 aromatic carbocycles. The van der Waals surface area contributed by atoms with Gasteiger partial charge in [-0.25, -0.2) is 10.4 Å². The van der Waals surface area contributed by atoms with E-state index in [0.29, 0.717) is 5.56 Å². The molecule has 4 heteroatoms. The number of fused-ring (bicyclic) bond motifs is 2. The van der Waals surface area contributed by atoms with Gasteiger partial charge in [-0.15, -0.1) is 0 Å². The zero-order valence-corrected chi connectivity index (χ0v) is 16.7. The van der Waals surface area contributed by atoms with Gasteiger partial charge in [0.2, 0.25) is 0 Å². The van der Waals surface area contributed by atoms with Crippen LogP contribution in [0.15, 0.2) is 84.0 Å². The van der Waals surface area contributed by atoms with Gasteiger partial charge in [-0.2, -0.15) is 5.10 Å². The Morgan fingerprint density at radius 1 is 0.933 bits per heavy atom. The molecule has 0 saturated heterocycles. The number of benzene rings is 3. The molecule has 0 unspecified atom stereocenters. The second-order valence-corrected chi connectivity index (χ2v) is 7.59. The van der Waals surface area contributed by atoms with Crippen molar-refractivity contribution in [2.75, 3.05) is 0 Å². The highest BCUT2D eigenvalue weighted by Crippen LogP contribution is 2.26. The number of hydrogen-bond acceptors (Lipinski definition) is 3. The fourth-order valence-electron chi connectivity index (χ4n) is 3.94. The molecule has 30 heavy (non-hydrogen) atoms. The number of amides is 1. The molecule has 0 fully saturated rings. The second kappa shape index (κ2) is 7.56. The first kappa shape index (κ1) is 18.3. The largest absolute Gasteiger partial charge is 0.272 e. The molecule has 1 aliphatic rings. The quantitative estimate of drug-likeness (QED) is 0.483. The van der Waals surface area contributed by atoms with Crippen LogP contribution >= 0.6 is 0 Å². The van der Waals surface area contributed by atoms with Gasteiger partial charge in [0.25, 0.3) is 5.91 Å². The zero-order chi connectivity index (χ0) is 20.5. The lowest BCUT2D eigenvalue weighted by Crippen LogP contribution is -2.20. The minimum atomic E-state index is -0.223. The Hall–Kier alpha value is -3.79. The van der Waals surface area contributed by atoms with Gasteiger partial charge in [0.15, 0.2) is 0 Å². The van der Waals surface area contributed by atoms with Crippen LogP contribution in [0.5, 0.6) is 0 Å². The summed E-state index contributed by atoms with van der Waals surface area (Å²) in [5.41, 5.74) is 10.4. The van der Waals surface area contributed by atoms with Crippen molar-refractivity contribution < 1.29 is 4.79 Å². The van der Waals surface area contributed by atoms with E-state index in [1.807, 2.05) is 54.6 Å². The van der Waals surface area contributed by atoms with Gasteiger partial charge in [-0.05, 0) is 37.5 Å². The molecule has 0 spiro atoms. The standard InChI is InChI=1S/C26H21N3O/c1-17-10-12-19(13-11-17)25-16-22(21-8-4-5-9-23(21)27-25)26(30)29-28-24-15-14-18-6-2-3-7-20(18)24/h2-13,16H,14-15H2,1H3,(H,29,30)/b28-24-. The van der Waals surface area contributed by atoms with Gasteiger partial charge >= 0.3 is 0 Å². The van der Waals surface area contributed by atoms with Crippen molar-refractivity contribution in [3.8, 4) is 11.3 Å². The maximum atomic E-state index is 13.1. The first-order chi connectivity index (χ1) is 14.7. The molecule has 0 saturated carbocycles. The van der Waals surface area contributed by atoms with Gasteiger partial charge in [0.1, 0.15) is 0 Å². The van der Waals surface area contributed by atoms with Crippen LogP contribution in [0.2, 0.25) is 0 Å². The second-order valence-electron chi connectivity index (χ2n) is 7.59. The number of rotatable bonds is 3. The van der Waals surface area contributed by atoms with Crippen LogP contribution in [0, 0.1) is 6.92 Å². The van der Waals surface area contributed by atoms with E-state index in [2.05, 4.69) is 41.7 Å². The highest BCUT2D eigenvalue weighted by molar-refractivity contribution is 6.09. The van der Waals surface area contributed by atoms with Crippen LogP contribution in [0.4, 0.5) is 0 Å². The van der Waals surface area contributed by atoms with Crippen LogP contribution in [0.25, 0.3) is 22.2 Å². The van der Waals surface area contributed by atoms with Gasteiger partial charge in [-0.3, -0.25) is 4.79 Å². The number of nitrogens with one attached hydrogen (secondary N) is 1. The van der Waals surface area contributed by atoms with Crippen molar-refractivity contribution in [1.82, 2.24) is 10.4 Å². The van der Waals surface area contributed by atoms with Crippen molar-refractivity contribution in [1.29, 1.82) is 0 Å². The van der Waals surface area contributed by atoms with E-state index in [4.69, 9.17) is 4.98 Å². The molecule has 0 bridgehead atoms. The van der Waals surface area contributed by atoms with E-state index in [-0.39, 0.29) is 5.91 Å². The van der Waals surface area contributed by atoms with Gasteiger partial charge in [-0.1, -0.05) is 72.3 Å². The highest BCUT2D eigenvalue weighted by atomic mass is 16.2. The third-order valence-electron chi connectivity index (χ3n) is 5.56. The van der Waals surface area contributed by atoms with E-state index in [0.717, 1.165) is 46.3 Å². The maximum absolute atomic E-state index is 13.1. The van der Waals surface area contributed by atoms with Crippen LogP contribution in [0.1, 0.15) is 33.5 Å². The number of aryl methyl sites for hydroxylation is 2. The Balaban J connectivity index is 1.52. The molecule has 5 rings (SSSR count). The number of nitrogens with zero attached hydrogens (tertiary/aromatic N) is 2. The molecule has 146 valence electrons. The molecule has 1 heterocycles. The smallest absolute Gasteiger partial charge is 0.267 e. The van der Waals surface area contributed by atoms with E-state index in [1.165, 1.54) is 11.1 Å². The molecule has 1 N–H and O–H groups in total. The monoisotopic (exact) mass is 391 g/mol. The van der Waals surface area contributed by atoms with Crippen molar-refractivity contribution in [3.63, 3.8) is 0 Å². The number of aromatic nitrogens is 1. The van der Waals surface area contributed by atoms with Crippen molar-refractivity contribution >= 4 is 22.5 Å². The number of carbonyl (C=O) groups is 1. The van der Waals surface area contributed by atoms with Gasteiger partial charge < -0.3 is 0 Å². The molecule has 1 aliphatic carbocycles. The van der Waals surface area contributed by atoms with E-state index in [9.17, 15) is 4.79 Å². The summed E-state index contributed by atoms with van der Waals surface area (Å²) in [4.78, 5) is 17.9.